The molecule has 0 fully saturated rings. The maximum absolute atomic E-state index is 13.2. The van der Waals surface area contributed by atoms with Gasteiger partial charge in [0.1, 0.15) is 6.29 Å². The van der Waals surface area contributed by atoms with Gasteiger partial charge in [0.15, 0.2) is 0 Å². The first kappa shape index (κ1) is 56.3. The first-order valence-corrected chi connectivity index (χ1v) is 26.0. The minimum atomic E-state index is -0.315. The van der Waals surface area contributed by atoms with E-state index in [2.05, 4.69) is 45.1 Å². The number of rotatable bonds is 47. The van der Waals surface area contributed by atoms with Crippen molar-refractivity contribution in [2.24, 2.45) is 11.8 Å². The zero-order chi connectivity index (χ0) is 42.3. The number of carbonyl (C=O) groups excluding carboxylic acids is 3. The van der Waals surface area contributed by atoms with E-state index in [1.807, 2.05) is 0 Å². The van der Waals surface area contributed by atoms with Crippen molar-refractivity contribution in [3.63, 3.8) is 0 Å². The van der Waals surface area contributed by atoms with Gasteiger partial charge in [-0.25, -0.2) is 0 Å². The predicted octanol–water partition coefficient (Wildman–Crippen LogP) is 18.0. The summed E-state index contributed by atoms with van der Waals surface area (Å²) in [6.07, 6.45) is 60.7. The van der Waals surface area contributed by atoms with Gasteiger partial charge in [0.2, 0.25) is 0 Å². The van der Waals surface area contributed by atoms with Gasteiger partial charge in [-0.2, -0.15) is 0 Å². The van der Waals surface area contributed by atoms with E-state index in [4.69, 9.17) is 4.74 Å². The highest BCUT2D eigenvalue weighted by Gasteiger charge is 2.22. The lowest BCUT2D eigenvalue weighted by molar-refractivity contribution is -0.163. The molecule has 0 rings (SSSR count). The normalized spacial score (nSPS) is 12.3. The molecule has 0 heterocycles. The fraction of sp³-hybridized carbons (Fsp3) is 0.870. The van der Waals surface area contributed by atoms with Crippen LogP contribution >= 0.6 is 0 Å². The van der Waals surface area contributed by atoms with Gasteiger partial charge in [0, 0.05) is 12.8 Å². The molecule has 0 aromatic rings. The average molecular weight is 813 g/mol. The van der Waals surface area contributed by atoms with E-state index in [9.17, 15) is 14.4 Å². The van der Waals surface area contributed by atoms with Crippen LogP contribution in [0.5, 0.6) is 0 Å². The maximum atomic E-state index is 13.2. The molecular formula is C54H100O4. The molecule has 0 bridgehead atoms. The second-order valence-electron chi connectivity index (χ2n) is 18.4. The highest BCUT2D eigenvalue weighted by Crippen LogP contribution is 2.22. The van der Waals surface area contributed by atoms with Crippen LogP contribution < -0.4 is 0 Å². The zero-order valence-electron chi connectivity index (χ0n) is 39.4. The summed E-state index contributed by atoms with van der Waals surface area (Å²) >= 11 is 0. The van der Waals surface area contributed by atoms with Gasteiger partial charge in [-0.1, -0.05) is 244 Å². The Hall–Kier alpha value is -1.71. The highest BCUT2D eigenvalue weighted by atomic mass is 16.6. The Morgan fingerprint density at radius 2 is 0.759 bits per heavy atom. The molecule has 0 N–H and O–H groups in total. The molecule has 4 heteroatoms. The van der Waals surface area contributed by atoms with E-state index in [0.717, 1.165) is 82.8 Å². The number of allylic oxidation sites excluding steroid dienone is 4. The largest absolute Gasteiger partial charge is 0.393 e. The van der Waals surface area contributed by atoms with Crippen LogP contribution in [-0.2, 0) is 19.1 Å². The quantitative estimate of drug-likeness (QED) is 0.0202. The van der Waals surface area contributed by atoms with Gasteiger partial charge in [0.05, 0.1) is 5.92 Å². The lowest BCUT2D eigenvalue weighted by Gasteiger charge is -2.15. The van der Waals surface area contributed by atoms with E-state index in [-0.39, 0.29) is 17.9 Å². The van der Waals surface area contributed by atoms with E-state index in [0.29, 0.717) is 6.42 Å². The molecule has 0 spiro atoms. The summed E-state index contributed by atoms with van der Waals surface area (Å²) in [6.45, 7) is 6.91. The summed E-state index contributed by atoms with van der Waals surface area (Å²) in [6, 6.07) is 0. The van der Waals surface area contributed by atoms with Crippen molar-refractivity contribution in [3.8, 4) is 0 Å². The molecular weight excluding hydrogens is 713 g/mol. The fourth-order valence-corrected chi connectivity index (χ4v) is 8.16. The van der Waals surface area contributed by atoms with Crippen LogP contribution in [0.4, 0.5) is 0 Å². The molecule has 1 atom stereocenters. The van der Waals surface area contributed by atoms with Crippen molar-refractivity contribution in [2.75, 3.05) is 0 Å². The summed E-state index contributed by atoms with van der Waals surface area (Å²) in [5.74, 6) is 0.154. The molecule has 0 aliphatic carbocycles. The van der Waals surface area contributed by atoms with Gasteiger partial charge in [-0.3, -0.25) is 9.59 Å². The maximum Gasteiger partial charge on any atom is 0.316 e. The number of hydrogen-bond acceptors (Lipinski definition) is 4. The van der Waals surface area contributed by atoms with Crippen LogP contribution in [0.2, 0.25) is 0 Å². The molecule has 0 saturated heterocycles. The van der Waals surface area contributed by atoms with Crippen LogP contribution in [0.25, 0.3) is 0 Å². The standard InChI is InChI=1S/C54H100O4/c1-4-5-6-7-8-9-10-11-12-19-24-29-34-39-44-49-53(56)58-54(57)52(47-42-37-32-27-22-17-13-14-20-25-30-35-40-45-50-55)48-43-38-33-28-23-18-15-16-21-26-31-36-41-46-51(2)3/h8-9,11-12,50-52H,4-7,10,13-49H2,1-3H3. The predicted molar refractivity (Wildman–Crippen MR) is 253 cm³/mol. The third kappa shape index (κ3) is 45.4. The molecule has 0 radical (unpaired) electrons. The lowest BCUT2D eigenvalue weighted by Crippen LogP contribution is -2.21. The van der Waals surface area contributed by atoms with Crippen molar-refractivity contribution in [2.45, 2.75) is 290 Å². The summed E-state index contributed by atoms with van der Waals surface area (Å²) in [7, 11) is 0. The fourth-order valence-electron chi connectivity index (χ4n) is 8.16. The zero-order valence-corrected chi connectivity index (χ0v) is 39.4. The number of esters is 2. The van der Waals surface area contributed by atoms with E-state index in [1.165, 1.54) is 193 Å². The second kappa shape index (κ2) is 48.0. The highest BCUT2D eigenvalue weighted by molar-refractivity contribution is 5.86. The average Bonchev–Trinajstić information content (AvgIpc) is 3.21. The molecule has 1 unspecified atom stereocenters. The van der Waals surface area contributed by atoms with Crippen molar-refractivity contribution in [1.82, 2.24) is 0 Å². The molecule has 4 nitrogen and oxygen atoms in total. The monoisotopic (exact) mass is 813 g/mol. The number of carbonyl (C=O) groups is 3. The first-order chi connectivity index (χ1) is 28.5. The Morgan fingerprint density at radius 3 is 1.16 bits per heavy atom. The molecule has 0 amide bonds. The topological polar surface area (TPSA) is 60.4 Å². The van der Waals surface area contributed by atoms with Crippen molar-refractivity contribution in [3.05, 3.63) is 24.3 Å². The molecule has 0 aromatic heterocycles. The van der Waals surface area contributed by atoms with Gasteiger partial charge >= 0.3 is 11.9 Å². The molecule has 58 heavy (non-hydrogen) atoms. The lowest BCUT2D eigenvalue weighted by atomic mass is 9.94. The Balaban J connectivity index is 4.26. The molecule has 0 aromatic carbocycles. The van der Waals surface area contributed by atoms with Gasteiger partial charge in [-0.05, 0) is 63.7 Å². The van der Waals surface area contributed by atoms with Gasteiger partial charge in [0.25, 0.3) is 0 Å². The summed E-state index contributed by atoms with van der Waals surface area (Å²) in [5.41, 5.74) is 0. The number of ether oxygens (including phenoxy) is 1. The third-order valence-corrected chi connectivity index (χ3v) is 12.1. The smallest absolute Gasteiger partial charge is 0.316 e. The minimum Gasteiger partial charge on any atom is -0.393 e. The van der Waals surface area contributed by atoms with Gasteiger partial charge < -0.3 is 9.53 Å². The molecule has 0 aliphatic rings. The van der Waals surface area contributed by atoms with Crippen molar-refractivity contribution in [1.29, 1.82) is 0 Å². The summed E-state index contributed by atoms with van der Waals surface area (Å²) < 4.78 is 5.48. The Kier molecular flexibility index (Phi) is 46.5. The van der Waals surface area contributed by atoms with E-state index >= 15 is 0 Å². The van der Waals surface area contributed by atoms with Crippen LogP contribution in [0.1, 0.15) is 290 Å². The Labute approximate surface area is 362 Å². The van der Waals surface area contributed by atoms with Gasteiger partial charge in [-0.15, -0.1) is 0 Å². The number of unbranched alkanes of at least 4 members (excludes halogenated alkanes) is 33. The second-order valence-corrected chi connectivity index (χ2v) is 18.4. The molecule has 0 aliphatic heterocycles. The molecule has 340 valence electrons. The van der Waals surface area contributed by atoms with Crippen LogP contribution in [0.15, 0.2) is 24.3 Å². The van der Waals surface area contributed by atoms with Crippen LogP contribution in [0, 0.1) is 11.8 Å². The van der Waals surface area contributed by atoms with Crippen molar-refractivity contribution >= 4 is 18.2 Å². The van der Waals surface area contributed by atoms with Crippen LogP contribution in [-0.4, -0.2) is 18.2 Å². The SMILES string of the molecule is CCCCCC=CCC=CCCCCCCCC(=O)OC(=O)C(CCCCCCCCCCCCCCCC=O)CCCCCCCCCCCCCCCC(C)C. The van der Waals surface area contributed by atoms with E-state index < -0.39 is 0 Å². The minimum absolute atomic E-state index is 0.127. The summed E-state index contributed by atoms with van der Waals surface area (Å²) in [5, 5.41) is 0. The first-order valence-electron chi connectivity index (χ1n) is 26.0. The Morgan fingerprint density at radius 1 is 0.414 bits per heavy atom. The van der Waals surface area contributed by atoms with Crippen LogP contribution in [0.3, 0.4) is 0 Å². The number of aldehydes is 1. The van der Waals surface area contributed by atoms with Crippen molar-refractivity contribution < 1.29 is 19.1 Å². The molecule has 0 saturated carbocycles. The Bertz CT molecular complexity index is 920. The third-order valence-electron chi connectivity index (χ3n) is 12.1. The van der Waals surface area contributed by atoms with E-state index in [1.54, 1.807) is 0 Å². The summed E-state index contributed by atoms with van der Waals surface area (Å²) in [4.78, 5) is 36.3. The number of hydrogen-bond donors (Lipinski definition) is 0.